The molecule has 0 N–H and O–H groups in total. The van der Waals surface area contributed by atoms with E-state index < -0.39 is 25.7 Å². The molecule has 1 saturated heterocycles. The first-order valence-corrected chi connectivity index (χ1v) is 11.1. The molecule has 130 valence electrons. The van der Waals surface area contributed by atoms with E-state index in [0.717, 1.165) is 0 Å². The van der Waals surface area contributed by atoms with E-state index in [0.29, 0.717) is 19.4 Å². The number of esters is 2. The summed E-state index contributed by atoms with van der Waals surface area (Å²) in [5, 5.41) is 0.136. The predicted molar refractivity (Wildman–Crippen MR) is 89.3 cm³/mol. The molecule has 5 nitrogen and oxygen atoms in total. The summed E-state index contributed by atoms with van der Waals surface area (Å²) < 4.78 is 16.4. The van der Waals surface area contributed by atoms with Crippen molar-refractivity contribution in [2.24, 2.45) is 11.3 Å². The Kier molecular flexibility index (Phi) is 4.79. The van der Waals surface area contributed by atoms with E-state index in [1.807, 2.05) is 0 Å². The molecule has 23 heavy (non-hydrogen) atoms. The molecule has 0 radical (unpaired) electrons. The summed E-state index contributed by atoms with van der Waals surface area (Å²) in [7, 11) is -0.530. The first-order valence-electron chi connectivity index (χ1n) is 8.17. The SMILES string of the molecule is COC(=O)[C@@]12C=C[C@@H](C[C@H]1CCO[Si](C)(C)C(C)(C)C)OC2=O. The van der Waals surface area contributed by atoms with Gasteiger partial charge in [0.1, 0.15) is 6.10 Å². The van der Waals surface area contributed by atoms with E-state index in [4.69, 9.17) is 13.9 Å². The molecular formula is C17H28O5Si. The van der Waals surface area contributed by atoms with Crippen LogP contribution in [0.1, 0.15) is 33.6 Å². The molecule has 0 aromatic rings. The maximum Gasteiger partial charge on any atom is 0.328 e. The van der Waals surface area contributed by atoms with Gasteiger partial charge in [0.25, 0.3) is 0 Å². The zero-order valence-electron chi connectivity index (χ0n) is 15.0. The van der Waals surface area contributed by atoms with E-state index in [1.54, 1.807) is 12.2 Å². The molecule has 3 aliphatic rings. The van der Waals surface area contributed by atoms with Gasteiger partial charge < -0.3 is 13.9 Å². The van der Waals surface area contributed by atoms with Crippen LogP contribution in [0.15, 0.2) is 12.2 Å². The minimum absolute atomic E-state index is 0.129. The normalized spacial score (nSPS) is 30.3. The van der Waals surface area contributed by atoms with Crippen LogP contribution in [-0.2, 0) is 23.5 Å². The highest BCUT2D eigenvalue weighted by molar-refractivity contribution is 6.74. The second-order valence-corrected chi connectivity index (χ2v) is 12.8. The van der Waals surface area contributed by atoms with Crippen molar-refractivity contribution in [1.29, 1.82) is 0 Å². The van der Waals surface area contributed by atoms with Crippen molar-refractivity contribution < 1.29 is 23.5 Å². The second-order valence-electron chi connectivity index (χ2n) is 7.99. The smallest absolute Gasteiger partial charge is 0.328 e. The highest BCUT2D eigenvalue weighted by atomic mass is 28.4. The van der Waals surface area contributed by atoms with Gasteiger partial charge in [0.2, 0.25) is 0 Å². The molecule has 2 bridgehead atoms. The first-order chi connectivity index (χ1) is 10.5. The molecule has 0 unspecified atom stereocenters. The predicted octanol–water partition coefficient (Wildman–Crippen LogP) is 3.06. The summed E-state index contributed by atoms with van der Waals surface area (Å²) in [5.74, 6) is -1.15. The third-order valence-electron chi connectivity index (χ3n) is 5.59. The lowest BCUT2D eigenvalue weighted by Crippen LogP contribution is -2.55. The molecule has 2 heterocycles. The number of fused-ring (bicyclic) bond motifs is 2. The Bertz CT molecular complexity index is 520. The van der Waals surface area contributed by atoms with Gasteiger partial charge in [-0.3, -0.25) is 9.59 Å². The van der Waals surface area contributed by atoms with Crippen molar-refractivity contribution in [3.8, 4) is 0 Å². The Balaban J connectivity index is 2.10. The molecule has 2 aliphatic heterocycles. The van der Waals surface area contributed by atoms with Crippen molar-refractivity contribution >= 4 is 20.3 Å². The maximum absolute atomic E-state index is 12.3. The largest absolute Gasteiger partial charge is 0.468 e. The van der Waals surface area contributed by atoms with Gasteiger partial charge in [-0.1, -0.05) is 26.8 Å². The van der Waals surface area contributed by atoms with Gasteiger partial charge in [-0.05, 0) is 43.0 Å². The molecule has 6 heteroatoms. The first kappa shape index (κ1) is 18.2. The van der Waals surface area contributed by atoms with Gasteiger partial charge in [0.15, 0.2) is 13.7 Å². The van der Waals surface area contributed by atoms with Crippen LogP contribution < -0.4 is 0 Å². The lowest BCUT2D eigenvalue weighted by atomic mass is 9.66. The average Bonchev–Trinajstić information content (AvgIpc) is 2.45. The van der Waals surface area contributed by atoms with Crippen LogP contribution >= 0.6 is 0 Å². The molecule has 0 saturated carbocycles. The van der Waals surface area contributed by atoms with Crippen LogP contribution in [0.4, 0.5) is 0 Å². The highest BCUT2D eigenvalue weighted by Crippen LogP contribution is 2.47. The maximum atomic E-state index is 12.3. The van der Waals surface area contributed by atoms with Crippen molar-refractivity contribution in [2.75, 3.05) is 13.7 Å². The third-order valence-corrected chi connectivity index (χ3v) is 10.1. The monoisotopic (exact) mass is 340 g/mol. The van der Waals surface area contributed by atoms with Crippen LogP contribution in [0.3, 0.4) is 0 Å². The number of carbonyl (C=O) groups is 2. The third kappa shape index (κ3) is 3.11. The Morgan fingerprint density at radius 3 is 2.61 bits per heavy atom. The standard InChI is InChI=1S/C17H28O5Si/c1-16(2,3)23(5,6)21-10-8-12-11-13-7-9-17(12,14(18)20-4)15(19)22-13/h7,9,12-13H,8,10-11H2,1-6H3/t12-,13+,17-/m1/s1. The van der Waals surface area contributed by atoms with Gasteiger partial charge in [0.05, 0.1) is 7.11 Å². The van der Waals surface area contributed by atoms with Crippen molar-refractivity contribution in [3.05, 3.63) is 12.2 Å². The number of rotatable bonds is 5. The summed E-state index contributed by atoms with van der Waals surface area (Å²) in [6.07, 6.45) is 4.54. The fourth-order valence-corrected chi connectivity index (χ4v) is 4.06. The quantitative estimate of drug-likeness (QED) is 0.333. The molecule has 1 fully saturated rings. The molecule has 3 atom stereocenters. The minimum atomic E-state index is -1.84. The van der Waals surface area contributed by atoms with Crippen LogP contribution in [0.25, 0.3) is 0 Å². The second kappa shape index (κ2) is 6.05. The van der Waals surface area contributed by atoms with E-state index in [2.05, 4.69) is 33.9 Å². The van der Waals surface area contributed by atoms with E-state index in [1.165, 1.54) is 7.11 Å². The minimum Gasteiger partial charge on any atom is -0.468 e. The van der Waals surface area contributed by atoms with E-state index >= 15 is 0 Å². The van der Waals surface area contributed by atoms with E-state index in [9.17, 15) is 9.59 Å². The van der Waals surface area contributed by atoms with Gasteiger partial charge in [-0.2, -0.15) is 0 Å². The van der Waals surface area contributed by atoms with E-state index in [-0.39, 0.29) is 17.1 Å². The molecule has 1 aliphatic carbocycles. The number of hydrogen-bond acceptors (Lipinski definition) is 5. The zero-order valence-corrected chi connectivity index (χ0v) is 16.0. The summed E-state index contributed by atoms with van der Waals surface area (Å²) in [6.45, 7) is 11.5. The Morgan fingerprint density at radius 1 is 1.43 bits per heavy atom. The average molecular weight is 340 g/mol. The molecular weight excluding hydrogens is 312 g/mol. The van der Waals surface area contributed by atoms with Crippen molar-refractivity contribution in [2.45, 2.75) is 57.8 Å². The Hall–Kier alpha value is -1.14. The van der Waals surface area contributed by atoms with Gasteiger partial charge >= 0.3 is 11.9 Å². The number of ether oxygens (including phenoxy) is 2. The fraction of sp³-hybridized carbons (Fsp3) is 0.765. The number of methoxy groups -OCH3 is 1. The molecule has 0 amide bonds. The Labute approximate surface area is 139 Å². The van der Waals surface area contributed by atoms with Crippen LogP contribution in [0.5, 0.6) is 0 Å². The fourth-order valence-electron chi connectivity index (χ4n) is 3.00. The lowest BCUT2D eigenvalue weighted by molar-refractivity contribution is -0.184. The Morgan fingerprint density at radius 2 is 2.09 bits per heavy atom. The number of hydrogen-bond donors (Lipinski definition) is 0. The summed E-state index contributed by atoms with van der Waals surface area (Å²) in [4.78, 5) is 24.6. The van der Waals surface area contributed by atoms with Crippen LogP contribution in [-0.4, -0.2) is 40.1 Å². The zero-order chi connectivity index (χ0) is 17.5. The topological polar surface area (TPSA) is 61.8 Å². The lowest BCUT2D eigenvalue weighted by Gasteiger charge is -2.44. The molecule has 0 spiro atoms. The van der Waals surface area contributed by atoms with Gasteiger partial charge in [0, 0.05) is 6.61 Å². The molecule has 0 aromatic carbocycles. The van der Waals surface area contributed by atoms with Crippen LogP contribution in [0, 0.1) is 11.3 Å². The molecule has 3 rings (SSSR count). The van der Waals surface area contributed by atoms with Crippen molar-refractivity contribution in [3.63, 3.8) is 0 Å². The number of carbonyl (C=O) groups excluding carboxylic acids is 2. The highest BCUT2D eigenvalue weighted by Gasteiger charge is 2.59. The summed E-state index contributed by atoms with van der Waals surface area (Å²) in [6, 6.07) is 0. The van der Waals surface area contributed by atoms with Crippen molar-refractivity contribution in [1.82, 2.24) is 0 Å². The van der Waals surface area contributed by atoms with Crippen LogP contribution in [0.2, 0.25) is 18.1 Å². The summed E-state index contributed by atoms with van der Waals surface area (Å²) >= 11 is 0. The summed E-state index contributed by atoms with van der Waals surface area (Å²) in [5.41, 5.74) is -1.29. The molecule has 0 aromatic heterocycles. The van der Waals surface area contributed by atoms with Gasteiger partial charge in [-0.15, -0.1) is 0 Å². The van der Waals surface area contributed by atoms with Gasteiger partial charge in [-0.25, -0.2) is 0 Å².